The third-order valence-electron chi connectivity index (χ3n) is 2.20. The smallest absolute Gasteiger partial charge is 0.357 e. The second-order valence-corrected chi connectivity index (χ2v) is 6.72. The first-order chi connectivity index (χ1) is 8.85. The van der Waals surface area contributed by atoms with Gasteiger partial charge >= 0.3 is 27.1 Å². The van der Waals surface area contributed by atoms with Crippen molar-refractivity contribution >= 4 is 37.7 Å². The van der Waals surface area contributed by atoms with Gasteiger partial charge in [0.15, 0.2) is 0 Å². The van der Waals surface area contributed by atoms with Crippen LogP contribution in [0.2, 0.25) is 0 Å². The summed E-state index contributed by atoms with van der Waals surface area (Å²) in [5.41, 5.74) is -1.99. The van der Waals surface area contributed by atoms with Crippen LogP contribution in [0.1, 0.15) is 20.7 Å². The predicted molar refractivity (Wildman–Crippen MR) is 63.7 cm³/mol. The maximum absolute atomic E-state index is 11.2. The Morgan fingerprint density at radius 2 is 1.00 bits per heavy atom. The van der Waals surface area contributed by atoms with E-state index >= 15 is 0 Å². The second-order valence-electron chi connectivity index (χ2n) is 3.58. The normalized spacial score (nSPS) is 12.2. The molecular formula is C8H8O10P2. The van der Waals surface area contributed by atoms with Crippen LogP contribution in [0.15, 0.2) is 12.1 Å². The Bertz CT molecular complexity index is 622. The zero-order chi connectivity index (χ0) is 15.9. The molecule has 0 bridgehead atoms. The molecule has 1 aromatic rings. The molecule has 0 heterocycles. The summed E-state index contributed by atoms with van der Waals surface area (Å²) in [7, 11) is -10.4. The highest BCUT2D eigenvalue weighted by molar-refractivity contribution is 7.67. The maximum atomic E-state index is 11.2. The van der Waals surface area contributed by atoms with E-state index in [1.54, 1.807) is 0 Å². The Balaban J connectivity index is 3.90. The summed E-state index contributed by atoms with van der Waals surface area (Å²) in [6, 6.07) is 0.502. The van der Waals surface area contributed by atoms with Gasteiger partial charge in [-0.1, -0.05) is 0 Å². The number of benzene rings is 1. The standard InChI is InChI=1S/C8H8O10P2/c9-7(10)3-1-5(19(13,14)15)6(20(16,17)18)2-4(3)8(11)12/h1-2H,(H,9,10)(H,11,12)(H2,13,14,15)(H2,16,17,18). The fraction of sp³-hybridized carbons (Fsp3) is 0. The molecule has 0 aromatic heterocycles. The molecule has 0 radical (unpaired) electrons. The van der Waals surface area contributed by atoms with Crippen molar-refractivity contribution in [3.8, 4) is 0 Å². The molecule has 12 heteroatoms. The van der Waals surface area contributed by atoms with Gasteiger partial charge < -0.3 is 29.8 Å². The van der Waals surface area contributed by atoms with E-state index in [1.807, 2.05) is 0 Å². The molecule has 0 saturated heterocycles. The van der Waals surface area contributed by atoms with E-state index in [9.17, 15) is 18.7 Å². The molecule has 0 aliphatic carbocycles. The lowest BCUT2D eigenvalue weighted by molar-refractivity contribution is 0.0651. The molecule has 0 atom stereocenters. The average molecular weight is 326 g/mol. The summed E-state index contributed by atoms with van der Waals surface area (Å²) in [6.45, 7) is 0. The van der Waals surface area contributed by atoms with E-state index in [0.29, 0.717) is 0 Å². The van der Waals surface area contributed by atoms with E-state index in [4.69, 9.17) is 29.8 Å². The first-order valence-corrected chi connectivity index (χ1v) is 7.85. The minimum Gasteiger partial charge on any atom is -0.478 e. The molecule has 0 aliphatic heterocycles. The summed E-state index contributed by atoms with van der Waals surface area (Å²) >= 11 is 0. The maximum Gasteiger partial charge on any atom is 0.357 e. The van der Waals surface area contributed by atoms with Gasteiger partial charge in [-0.25, -0.2) is 9.59 Å². The topological polar surface area (TPSA) is 190 Å². The minimum absolute atomic E-state index is 0.251. The van der Waals surface area contributed by atoms with Crippen molar-refractivity contribution in [2.45, 2.75) is 0 Å². The Kier molecular flexibility index (Phi) is 4.21. The number of hydrogen-bond donors (Lipinski definition) is 6. The van der Waals surface area contributed by atoms with E-state index in [-0.39, 0.29) is 12.1 Å². The van der Waals surface area contributed by atoms with Crippen molar-refractivity contribution in [1.29, 1.82) is 0 Å². The third kappa shape index (κ3) is 3.31. The van der Waals surface area contributed by atoms with Crippen LogP contribution >= 0.6 is 15.2 Å². The Hall–Kier alpha value is -1.54. The number of carboxylic acid groups (broad SMARTS) is 2. The van der Waals surface area contributed by atoms with Crippen molar-refractivity contribution in [1.82, 2.24) is 0 Å². The lowest BCUT2D eigenvalue weighted by Gasteiger charge is -2.14. The molecule has 0 aliphatic rings. The van der Waals surface area contributed by atoms with Crippen LogP contribution in [-0.2, 0) is 9.13 Å². The summed E-state index contributed by atoms with van der Waals surface area (Å²) in [4.78, 5) is 57.7. The number of carboxylic acids is 2. The SMILES string of the molecule is O=C(O)c1cc(P(=O)(O)O)c(P(=O)(O)O)cc1C(=O)O. The lowest BCUT2D eigenvalue weighted by Crippen LogP contribution is -2.29. The van der Waals surface area contributed by atoms with Crippen LogP contribution < -0.4 is 10.6 Å². The van der Waals surface area contributed by atoms with Crippen LogP contribution in [0.5, 0.6) is 0 Å². The first-order valence-electron chi connectivity index (χ1n) is 4.62. The molecule has 6 N–H and O–H groups in total. The Morgan fingerprint density at radius 1 is 0.750 bits per heavy atom. The Morgan fingerprint density at radius 3 is 1.15 bits per heavy atom. The van der Waals surface area contributed by atoms with Gasteiger partial charge in [0.05, 0.1) is 21.7 Å². The zero-order valence-electron chi connectivity index (χ0n) is 9.37. The zero-order valence-corrected chi connectivity index (χ0v) is 11.2. The van der Waals surface area contributed by atoms with Crippen molar-refractivity contribution in [2.75, 3.05) is 0 Å². The molecule has 110 valence electrons. The summed E-state index contributed by atoms with van der Waals surface area (Å²) < 4.78 is 22.3. The van der Waals surface area contributed by atoms with E-state index < -0.39 is 48.9 Å². The van der Waals surface area contributed by atoms with Gasteiger partial charge in [-0.3, -0.25) is 9.13 Å². The summed E-state index contributed by atoms with van der Waals surface area (Å²) in [6.07, 6.45) is 0. The van der Waals surface area contributed by atoms with Crippen LogP contribution in [0, 0.1) is 0 Å². The second kappa shape index (κ2) is 5.10. The fourth-order valence-corrected chi connectivity index (χ4v) is 3.50. The van der Waals surface area contributed by atoms with Gasteiger partial charge in [0.2, 0.25) is 0 Å². The molecule has 1 rings (SSSR count). The molecule has 0 saturated carbocycles. The van der Waals surface area contributed by atoms with Gasteiger partial charge in [-0.2, -0.15) is 0 Å². The van der Waals surface area contributed by atoms with Crippen LogP contribution in [-0.4, -0.2) is 41.7 Å². The molecule has 0 spiro atoms. The number of aromatic carboxylic acids is 2. The highest BCUT2D eigenvalue weighted by atomic mass is 31.2. The highest BCUT2D eigenvalue weighted by Gasteiger charge is 2.34. The van der Waals surface area contributed by atoms with Gasteiger partial charge in [0.25, 0.3) is 0 Å². The summed E-state index contributed by atoms with van der Waals surface area (Å²) in [5, 5.41) is 15.1. The number of hydrogen-bond acceptors (Lipinski definition) is 4. The fourth-order valence-electron chi connectivity index (χ4n) is 1.40. The van der Waals surface area contributed by atoms with E-state index in [2.05, 4.69) is 0 Å². The molecule has 0 amide bonds. The number of rotatable bonds is 4. The Labute approximate surface area is 110 Å². The minimum atomic E-state index is -5.22. The molecule has 0 fully saturated rings. The highest BCUT2D eigenvalue weighted by Crippen LogP contribution is 2.40. The van der Waals surface area contributed by atoms with Gasteiger partial charge in [0.1, 0.15) is 0 Å². The molecule has 10 nitrogen and oxygen atoms in total. The van der Waals surface area contributed by atoms with Crippen LogP contribution in [0.3, 0.4) is 0 Å². The number of carbonyl (C=O) groups is 2. The molecular weight excluding hydrogens is 318 g/mol. The predicted octanol–water partition coefficient (Wildman–Crippen LogP) is -1.31. The van der Waals surface area contributed by atoms with Gasteiger partial charge in [-0.05, 0) is 12.1 Å². The van der Waals surface area contributed by atoms with E-state index in [1.165, 1.54) is 0 Å². The van der Waals surface area contributed by atoms with E-state index in [0.717, 1.165) is 0 Å². The monoisotopic (exact) mass is 326 g/mol. The molecule has 1 aromatic carbocycles. The van der Waals surface area contributed by atoms with Crippen LogP contribution in [0.25, 0.3) is 0 Å². The third-order valence-corrected chi connectivity index (χ3v) is 4.37. The van der Waals surface area contributed by atoms with Gasteiger partial charge in [-0.15, -0.1) is 0 Å². The summed E-state index contributed by atoms with van der Waals surface area (Å²) in [5.74, 6) is -3.62. The van der Waals surface area contributed by atoms with Crippen LogP contribution in [0.4, 0.5) is 0 Å². The molecule has 20 heavy (non-hydrogen) atoms. The van der Waals surface area contributed by atoms with Crippen molar-refractivity contribution in [2.24, 2.45) is 0 Å². The largest absolute Gasteiger partial charge is 0.478 e. The molecule has 0 unspecified atom stereocenters. The lowest BCUT2D eigenvalue weighted by atomic mass is 10.1. The van der Waals surface area contributed by atoms with Gasteiger partial charge in [0, 0.05) is 0 Å². The average Bonchev–Trinajstić information content (AvgIpc) is 2.24. The van der Waals surface area contributed by atoms with Crippen molar-refractivity contribution in [3.05, 3.63) is 23.3 Å². The van der Waals surface area contributed by atoms with Crippen molar-refractivity contribution < 1.29 is 48.5 Å². The quantitative estimate of drug-likeness (QED) is 0.362. The van der Waals surface area contributed by atoms with Crippen molar-refractivity contribution in [3.63, 3.8) is 0 Å². The first kappa shape index (κ1) is 16.5.